The summed E-state index contributed by atoms with van der Waals surface area (Å²) >= 11 is 0. The van der Waals surface area contributed by atoms with E-state index in [2.05, 4.69) is 0 Å². The first-order valence-electron chi connectivity index (χ1n) is 5.14. The van der Waals surface area contributed by atoms with E-state index in [9.17, 15) is 18.0 Å². The van der Waals surface area contributed by atoms with Crippen molar-refractivity contribution in [1.82, 2.24) is 0 Å². The van der Waals surface area contributed by atoms with Gasteiger partial charge in [0, 0.05) is 12.0 Å². The van der Waals surface area contributed by atoms with Crippen molar-refractivity contribution in [2.24, 2.45) is 0 Å². The third-order valence-electron chi connectivity index (χ3n) is 2.44. The summed E-state index contributed by atoms with van der Waals surface area (Å²) in [5.41, 5.74) is -0.527. The standard InChI is InChI=1S/C12H13F3O/c1-3-8-6-5-7-9(12(13,14)15)11(8)10(16)4-2/h5-7H,3-4H2,1-2H3. The number of halogens is 3. The predicted molar refractivity (Wildman–Crippen MR) is 55.4 cm³/mol. The molecule has 0 saturated carbocycles. The molecule has 0 aliphatic rings. The average Bonchev–Trinajstić information content (AvgIpc) is 2.25. The fraction of sp³-hybridized carbons (Fsp3) is 0.417. The van der Waals surface area contributed by atoms with Gasteiger partial charge in [-0.25, -0.2) is 0 Å². The van der Waals surface area contributed by atoms with Crippen molar-refractivity contribution in [1.29, 1.82) is 0 Å². The Morgan fingerprint density at radius 3 is 2.31 bits per heavy atom. The lowest BCUT2D eigenvalue weighted by Gasteiger charge is -2.14. The molecule has 1 aromatic carbocycles. The molecule has 1 aromatic rings. The molecular weight excluding hydrogens is 217 g/mol. The van der Waals surface area contributed by atoms with Crippen LogP contribution in [0.5, 0.6) is 0 Å². The van der Waals surface area contributed by atoms with Crippen molar-refractivity contribution in [3.63, 3.8) is 0 Å². The highest BCUT2D eigenvalue weighted by molar-refractivity contribution is 5.98. The van der Waals surface area contributed by atoms with E-state index in [4.69, 9.17) is 0 Å². The lowest BCUT2D eigenvalue weighted by Crippen LogP contribution is -2.15. The molecule has 0 N–H and O–H groups in total. The molecule has 0 unspecified atom stereocenters. The van der Waals surface area contributed by atoms with Crippen LogP contribution in [0.4, 0.5) is 13.2 Å². The van der Waals surface area contributed by atoms with Gasteiger partial charge in [0.15, 0.2) is 5.78 Å². The van der Waals surface area contributed by atoms with Crippen molar-refractivity contribution < 1.29 is 18.0 Å². The molecule has 0 spiro atoms. The number of alkyl halides is 3. The van der Waals surface area contributed by atoms with Crippen molar-refractivity contribution in [2.75, 3.05) is 0 Å². The minimum Gasteiger partial charge on any atom is -0.294 e. The second-order valence-electron chi connectivity index (χ2n) is 3.47. The maximum absolute atomic E-state index is 12.7. The van der Waals surface area contributed by atoms with Crippen LogP contribution in [0.2, 0.25) is 0 Å². The summed E-state index contributed by atoms with van der Waals surface area (Å²) in [6, 6.07) is 3.87. The molecular formula is C12H13F3O. The SMILES string of the molecule is CCC(=O)c1c(CC)cccc1C(F)(F)F. The Morgan fingerprint density at radius 1 is 1.25 bits per heavy atom. The second kappa shape index (κ2) is 4.68. The molecule has 0 fully saturated rings. The average molecular weight is 230 g/mol. The summed E-state index contributed by atoms with van der Waals surface area (Å²) in [5, 5.41) is 0. The predicted octanol–water partition coefficient (Wildman–Crippen LogP) is 3.86. The molecule has 0 aliphatic carbocycles. The number of hydrogen-bond donors (Lipinski definition) is 0. The quantitative estimate of drug-likeness (QED) is 0.720. The zero-order valence-electron chi connectivity index (χ0n) is 9.19. The van der Waals surface area contributed by atoms with Gasteiger partial charge in [0.25, 0.3) is 0 Å². The summed E-state index contributed by atoms with van der Waals surface area (Å²) in [6.07, 6.45) is -3.96. The monoisotopic (exact) mass is 230 g/mol. The van der Waals surface area contributed by atoms with Crippen LogP contribution in [0.3, 0.4) is 0 Å². The van der Waals surface area contributed by atoms with E-state index in [0.29, 0.717) is 12.0 Å². The van der Waals surface area contributed by atoms with Crippen LogP contribution in [-0.2, 0) is 12.6 Å². The van der Waals surface area contributed by atoms with Crippen LogP contribution < -0.4 is 0 Å². The number of carbonyl (C=O) groups excluding carboxylic acids is 1. The molecule has 0 aromatic heterocycles. The van der Waals surface area contributed by atoms with Crippen molar-refractivity contribution in [3.8, 4) is 0 Å². The number of Topliss-reactive ketones (excluding diaryl/α,β-unsaturated/α-hetero) is 1. The van der Waals surface area contributed by atoms with Crippen LogP contribution in [0.25, 0.3) is 0 Å². The third kappa shape index (κ3) is 2.43. The number of rotatable bonds is 3. The van der Waals surface area contributed by atoms with E-state index in [1.165, 1.54) is 6.07 Å². The van der Waals surface area contributed by atoms with E-state index in [0.717, 1.165) is 6.07 Å². The van der Waals surface area contributed by atoms with Gasteiger partial charge in [-0.3, -0.25) is 4.79 Å². The van der Waals surface area contributed by atoms with E-state index in [1.54, 1.807) is 19.9 Å². The fourth-order valence-electron chi connectivity index (χ4n) is 1.64. The fourth-order valence-corrected chi connectivity index (χ4v) is 1.64. The van der Waals surface area contributed by atoms with Crippen molar-refractivity contribution in [2.45, 2.75) is 32.9 Å². The summed E-state index contributed by atoms with van der Waals surface area (Å²) in [7, 11) is 0. The van der Waals surface area contributed by atoms with Gasteiger partial charge in [-0.15, -0.1) is 0 Å². The van der Waals surface area contributed by atoms with E-state index in [1.807, 2.05) is 0 Å². The van der Waals surface area contributed by atoms with Crippen molar-refractivity contribution >= 4 is 5.78 Å². The first-order valence-corrected chi connectivity index (χ1v) is 5.14. The lowest BCUT2D eigenvalue weighted by molar-refractivity contribution is -0.138. The minimum atomic E-state index is -4.47. The molecule has 0 heterocycles. The van der Waals surface area contributed by atoms with Gasteiger partial charge < -0.3 is 0 Å². The van der Waals surface area contributed by atoms with Crippen LogP contribution in [0.1, 0.15) is 41.8 Å². The van der Waals surface area contributed by atoms with Gasteiger partial charge in [0.2, 0.25) is 0 Å². The number of benzene rings is 1. The van der Waals surface area contributed by atoms with Gasteiger partial charge in [-0.1, -0.05) is 26.0 Å². The van der Waals surface area contributed by atoms with Crippen LogP contribution in [0.15, 0.2) is 18.2 Å². The summed E-state index contributed by atoms with van der Waals surface area (Å²) < 4.78 is 38.1. The smallest absolute Gasteiger partial charge is 0.294 e. The molecule has 88 valence electrons. The van der Waals surface area contributed by atoms with Gasteiger partial charge in [-0.2, -0.15) is 13.2 Å². The highest BCUT2D eigenvalue weighted by Gasteiger charge is 2.35. The van der Waals surface area contributed by atoms with Crippen molar-refractivity contribution in [3.05, 3.63) is 34.9 Å². The summed E-state index contributed by atoms with van der Waals surface area (Å²) in [4.78, 5) is 11.6. The van der Waals surface area contributed by atoms with Crippen LogP contribution in [-0.4, -0.2) is 5.78 Å². The molecule has 0 amide bonds. The molecule has 1 rings (SSSR count). The molecule has 1 nitrogen and oxygen atoms in total. The topological polar surface area (TPSA) is 17.1 Å². The molecule has 0 atom stereocenters. The molecule has 0 saturated heterocycles. The largest absolute Gasteiger partial charge is 0.417 e. The number of hydrogen-bond acceptors (Lipinski definition) is 1. The Kier molecular flexibility index (Phi) is 3.73. The Hall–Kier alpha value is -1.32. The van der Waals surface area contributed by atoms with E-state index < -0.39 is 17.5 Å². The maximum atomic E-state index is 12.7. The lowest BCUT2D eigenvalue weighted by atomic mass is 9.94. The van der Waals surface area contributed by atoms with Gasteiger partial charge in [-0.05, 0) is 18.1 Å². The molecule has 16 heavy (non-hydrogen) atoms. The first-order chi connectivity index (χ1) is 7.41. The normalized spacial score (nSPS) is 11.6. The zero-order valence-corrected chi connectivity index (χ0v) is 9.19. The molecule has 0 aliphatic heterocycles. The number of ketones is 1. The number of carbonyl (C=O) groups is 1. The van der Waals surface area contributed by atoms with Crippen LogP contribution in [0, 0.1) is 0 Å². The Balaban J connectivity index is 3.44. The first kappa shape index (κ1) is 12.7. The van der Waals surface area contributed by atoms with Crippen LogP contribution >= 0.6 is 0 Å². The Labute approximate surface area is 92.3 Å². The highest BCUT2D eigenvalue weighted by atomic mass is 19.4. The molecule has 0 bridgehead atoms. The Morgan fingerprint density at radius 2 is 1.88 bits per heavy atom. The second-order valence-corrected chi connectivity index (χ2v) is 3.47. The Bertz CT molecular complexity index is 394. The third-order valence-corrected chi connectivity index (χ3v) is 2.44. The minimum absolute atomic E-state index is 0.0834. The van der Waals surface area contributed by atoms with E-state index >= 15 is 0 Å². The molecule has 0 radical (unpaired) electrons. The number of aryl methyl sites for hydroxylation is 1. The maximum Gasteiger partial charge on any atom is 0.417 e. The van der Waals surface area contributed by atoms with Gasteiger partial charge in [0.05, 0.1) is 5.56 Å². The summed E-state index contributed by atoms with van der Waals surface area (Å²) in [6.45, 7) is 3.30. The highest BCUT2D eigenvalue weighted by Crippen LogP contribution is 2.34. The van der Waals surface area contributed by atoms with Gasteiger partial charge in [0.1, 0.15) is 0 Å². The molecule has 4 heteroatoms. The zero-order chi connectivity index (χ0) is 12.3. The van der Waals surface area contributed by atoms with Gasteiger partial charge >= 0.3 is 6.18 Å². The van der Waals surface area contributed by atoms with E-state index in [-0.39, 0.29) is 12.0 Å². The summed E-state index contributed by atoms with van der Waals surface area (Å²) in [5.74, 6) is -0.454.